The van der Waals surface area contributed by atoms with Crippen LogP contribution in [-0.2, 0) is 4.74 Å². The van der Waals surface area contributed by atoms with Gasteiger partial charge in [-0.15, -0.1) is 0 Å². The highest BCUT2D eigenvalue weighted by Crippen LogP contribution is 2.10. The molecule has 0 atom stereocenters. The Morgan fingerprint density at radius 2 is 1.91 bits per heavy atom. The number of nitrogens with one attached hydrogen (secondary N) is 2. The largest absolute Gasteiger partial charge is 0.383 e. The predicted molar refractivity (Wildman–Crippen MR) is 82.8 cm³/mol. The number of nitrogens with zero attached hydrogens (tertiary/aromatic N) is 1. The molecule has 0 radical (unpaired) electrons. The first-order chi connectivity index (χ1) is 11.1. The molecule has 120 valence electrons. The molecular weight excluding hydrogens is 301 g/mol. The van der Waals surface area contributed by atoms with Crippen molar-refractivity contribution in [3.05, 3.63) is 59.7 Å². The zero-order valence-corrected chi connectivity index (χ0v) is 12.5. The van der Waals surface area contributed by atoms with E-state index in [1.54, 1.807) is 0 Å². The molecule has 0 aliphatic carbocycles. The van der Waals surface area contributed by atoms with Gasteiger partial charge in [0, 0.05) is 31.1 Å². The van der Waals surface area contributed by atoms with E-state index in [9.17, 15) is 14.0 Å². The first-order valence-electron chi connectivity index (χ1n) is 6.90. The molecule has 0 saturated heterocycles. The van der Waals surface area contributed by atoms with Crippen LogP contribution in [-0.4, -0.2) is 37.1 Å². The standard InChI is InChI=1S/C16H16FN3O3/c1-23-9-8-19-15(21)11-6-7-18-14(10-11)16(22)20-13-4-2-12(17)3-5-13/h2-7,10H,8-9H2,1H3,(H,19,21)(H,20,22). The predicted octanol–water partition coefficient (Wildman–Crippen LogP) is 1.85. The number of pyridine rings is 1. The molecule has 0 fully saturated rings. The Labute approximate surface area is 132 Å². The molecule has 0 spiro atoms. The zero-order valence-electron chi connectivity index (χ0n) is 12.5. The van der Waals surface area contributed by atoms with Crippen molar-refractivity contribution in [1.29, 1.82) is 0 Å². The number of anilines is 1. The van der Waals surface area contributed by atoms with Gasteiger partial charge < -0.3 is 15.4 Å². The molecule has 0 unspecified atom stereocenters. The maximum atomic E-state index is 12.8. The van der Waals surface area contributed by atoms with Gasteiger partial charge >= 0.3 is 0 Å². The summed E-state index contributed by atoms with van der Waals surface area (Å²) >= 11 is 0. The summed E-state index contributed by atoms with van der Waals surface area (Å²) in [7, 11) is 1.54. The number of halogens is 1. The first-order valence-corrected chi connectivity index (χ1v) is 6.90. The van der Waals surface area contributed by atoms with Crippen molar-refractivity contribution in [2.75, 3.05) is 25.6 Å². The molecule has 2 N–H and O–H groups in total. The number of ether oxygens (including phenoxy) is 1. The summed E-state index contributed by atoms with van der Waals surface area (Å²) in [5.41, 5.74) is 0.849. The molecule has 0 aliphatic heterocycles. The Hall–Kier alpha value is -2.80. The van der Waals surface area contributed by atoms with Gasteiger partial charge in [0.05, 0.1) is 6.61 Å². The van der Waals surface area contributed by atoms with E-state index in [1.807, 2.05) is 0 Å². The van der Waals surface area contributed by atoms with Crippen LogP contribution in [0.25, 0.3) is 0 Å². The fraction of sp³-hybridized carbons (Fsp3) is 0.188. The third-order valence-corrected chi connectivity index (χ3v) is 2.95. The topological polar surface area (TPSA) is 80.3 Å². The lowest BCUT2D eigenvalue weighted by molar-refractivity contribution is 0.0937. The second-order valence-corrected chi connectivity index (χ2v) is 4.64. The molecule has 1 aromatic carbocycles. The number of amides is 2. The number of methoxy groups -OCH3 is 1. The molecule has 6 nitrogen and oxygen atoms in total. The van der Waals surface area contributed by atoms with E-state index in [-0.39, 0.29) is 11.6 Å². The SMILES string of the molecule is COCCNC(=O)c1ccnc(C(=O)Nc2ccc(F)cc2)c1. The first kappa shape index (κ1) is 16.6. The average Bonchev–Trinajstić information content (AvgIpc) is 2.57. The quantitative estimate of drug-likeness (QED) is 0.797. The monoisotopic (exact) mass is 317 g/mol. The van der Waals surface area contributed by atoms with Gasteiger partial charge in [-0.1, -0.05) is 0 Å². The zero-order chi connectivity index (χ0) is 16.7. The maximum absolute atomic E-state index is 12.8. The Morgan fingerprint density at radius 1 is 1.17 bits per heavy atom. The van der Waals surface area contributed by atoms with Crippen LogP contribution in [0.4, 0.5) is 10.1 Å². The average molecular weight is 317 g/mol. The lowest BCUT2D eigenvalue weighted by Crippen LogP contribution is -2.27. The second kappa shape index (κ2) is 8.00. The number of carbonyl (C=O) groups is 2. The summed E-state index contributed by atoms with van der Waals surface area (Å²) in [6.45, 7) is 0.767. The van der Waals surface area contributed by atoms with Gasteiger partial charge in [-0.3, -0.25) is 14.6 Å². The van der Waals surface area contributed by atoms with Crippen LogP contribution in [0.2, 0.25) is 0 Å². The highest BCUT2D eigenvalue weighted by Gasteiger charge is 2.12. The normalized spacial score (nSPS) is 10.2. The van der Waals surface area contributed by atoms with E-state index in [0.717, 1.165) is 0 Å². The van der Waals surface area contributed by atoms with Gasteiger partial charge in [-0.25, -0.2) is 4.39 Å². The summed E-state index contributed by atoms with van der Waals surface area (Å²) in [4.78, 5) is 28.0. The minimum atomic E-state index is -0.483. The molecule has 2 amide bonds. The third kappa shape index (κ3) is 4.86. The molecule has 7 heteroatoms. The summed E-state index contributed by atoms with van der Waals surface area (Å²) in [5.74, 6) is -1.20. The third-order valence-electron chi connectivity index (χ3n) is 2.95. The van der Waals surface area contributed by atoms with Crippen LogP contribution in [0.15, 0.2) is 42.6 Å². The van der Waals surface area contributed by atoms with E-state index >= 15 is 0 Å². The molecular formula is C16H16FN3O3. The molecule has 2 rings (SSSR count). The molecule has 23 heavy (non-hydrogen) atoms. The minimum absolute atomic E-state index is 0.0914. The summed E-state index contributed by atoms with van der Waals surface area (Å²) in [6, 6.07) is 8.26. The molecule has 0 aliphatic rings. The number of carbonyl (C=O) groups excluding carboxylic acids is 2. The van der Waals surface area contributed by atoms with Crippen LogP contribution >= 0.6 is 0 Å². The Balaban J connectivity index is 2.04. The summed E-state index contributed by atoms with van der Waals surface area (Å²) in [5, 5.41) is 5.24. The molecule has 2 aromatic rings. The van der Waals surface area contributed by atoms with Gasteiger partial charge in [0.25, 0.3) is 11.8 Å². The van der Waals surface area contributed by atoms with E-state index in [1.165, 1.54) is 49.7 Å². The van der Waals surface area contributed by atoms with Gasteiger partial charge in [-0.05, 0) is 36.4 Å². The number of aromatic nitrogens is 1. The molecule has 1 aromatic heterocycles. The number of hydrogen-bond acceptors (Lipinski definition) is 4. The van der Waals surface area contributed by atoms with Gasteiger partial charge in [-0.2, -0.15) is 0 Å². The highest BCUT2D eigenvalue weighted by atomic mass is 19.1. The second-order valence-electron chi connectivity index (χ2n) is 4.64. The maximum Gasteiger partial charge on any atom is 0.274 e. The van der Waals surface area contributed by atoms with Crippen LogP contribution in [0.3, 0.4) is 0 Å². The van der Waals surface area contributed by atoms with Crippen molar-refractivity contribution in [3.8, 4) is 0 Å². The Kier molecular flexibility index (Phi) is 5.76. The summed E-state index contributed by atoms with van der Waals surface area (Å²) in [6.07, 6.45) is 1.38. The molecule has 0 bridgehead atoms. The van der Waals surface area contributed by atoms with Crippen molar-refractivity contribution in [2.24, 2.45) is 0 Å². The molecule has 1 heterocycles. The van der Waals surface area contributed by atoms with Crippen molar-refractivity contribution in [3.63, 3.8) is 0 Å². The van der Waals surface area contributed by atoms with E-state index < -0.39 is 11.7 Å². The number of rotatable bonds is 6. The lowest BCUT2D eigenvalue weighted by Gasteiger charge is -2.07. The van der Waals surface area contributed by atoms with Crippen LogP contribution < -0.4 is 10.6 Å². The van der Waals surface area contributed by atoms with Crippen LogP contribution in [0, 0.1) is 5.82 Å². The van der Waals surface area contributed by atoms with Crippen LogP contribution in [0.5, 0.6) is 0 Å². The van der Waals surface area contributed by atoms with Gasteiger partial charge in [0.1, 0.15) is 11.5 Å². The van der Waals surface area contributed by atoms with Crippen molar-refractivity contribution >= 4 is 17.5 Å². The van der Waals surface area contributed by atoms with Gasteiger partial charge in [0.2, 0.25) is 0 Å². The van der Waals surface area contributed by atoms with E-state index in [2.05, 4.69) is 15.6 Å². The lowest BCUT2D eigenvalue weighted by atomic mass is 10.2. The van der Waals surface area contributed by atoms with E-state index in [0.29, 0.717) is 24.4 Å². The smallest absolute Gasteiger partial charge is 0.274 e. The Bertz CT molecular complexity index is 689. The van der Waals surface area contributed by atoms with Crippen LogP contribution in [0.1, 0.15) is 20.8 Å². The van der Waals surface area contributed by atoms with Crippen molar-refractivity contribution < 1.29 is 18.7 Å². The van der Waals surface area contributed by atoms with E-state index in [4.69, 9.17) is 4.74 Å². The minimum Gasteiger partial charge on any atom is -0.383 e. The number of benzene rings is 1. The van der Waals surface area contributed by atoms with Gasteiger partial charge in [0.15, 0.2) is 0 Å². The molecule has 0 saturated carbocycles. The fourth-order valence-corrected chi connectivity index (χ4v) is 1.79. The fourth-order valence-electron chi connectivity index (χ4n) is 1.79. The number of hydrogen-bond donors (Lipinski definition) is 2. The summed E-state index contributed by atoms with van der Waals surface area (Å²) < 4.78 is 17.7. The Morgan fingerprint density at radius 3 is 2.61 bits per heavy atom. The highest BCUT2D eigenvalue weighted by molar-refractivity contribution is 6.04. The van der Waals surface area contributed by atoms with Crippen molar-refractivity contribution in [1.82, 2.24) is 10.3 Å². The van der Waals surface area contributed by atoms with Crippen molar-refractivity contribution in [2.45, 2.75) is 0 Å².